The largest absolute Gasteiger partial charge is 0.493 e. The zero-order valence-corrected chi connectivity index (χ0v) is 19.1. The van der Waals surface area contributed by atoms with Crippen LogP contribution in [0.5, 0.6) is 23.0 Å². The minimum Gasteiger partial charge on any atom is -0.493 e. The van der Waals surface area contributed by atoms with E-state index in [4.69, 9.17) is 28.4 Å². The lowest BCUT2D eigenvalue weighted by atomic mass is 10.2. The van der Waals surface area contributed by atoms with Crippen LogP contribution in [0.15, 0.2) is 48.6 Å². The maximum atomic E-state index is 6.08. The summed E-state index contributed by atoms with van der Waals surface area (Å²) < 4.78 is 34.8. The second-order valence-electron chi connectivity index (χ2n) is 7.51. The van der Waals surface area contributed by atoms with Crippen LogP contribution in [0.2, 0.25) is 0 Å². The van der Waals surface area contributed by atoms with Crippen LogP contribution >= 0.6 is 0 Å². The van der Waals surface area contributed by atoms with E-state index in [1.807, 2.05) is 48.6 Å². The van der Waals surface area contributed by atoms with Gasteiger partial charge in [-0.15, -0.1) is 0 Å². The van der Waals surface area contributed by atoms with Crippen LogP contribution in [-0.4, -0.2) is 40.6 Å². The van der Waals surface area contributed by atoms with Crippen LogP contribution in [0.25, 0.3) is 0 Å². The van der Waals surface area contributed by atoms with E-state index in [0.29, 0.717) is 39.6 Å². The summed E-state index contributed by atoms with van der Waals surface area (Å²) in [5.41, 5.74) is 1.98. The Bertz CT molecular complexity index is 779. The predicted octanol–water partition coefficient (Wildman–Crippen LogP) is 5.33. The molecule has 1 aliphatic heterocycles. The molecule has 2 aromatic carbocycles. The zero-order valence-electron chi connectivity index (χ0n) is 19.1. The molecule has 3 rings (SSSR count). The highest BCUT2D eigenvalue weighted by atomic mass is 16.5. The Morgan fingerprint density at radius 1 is 0.625 bits per heavy atom. The van der Waals surface area contributed by atoms with Gasteiger partial charge in [0.15, 0.2) is 23.0 Å². The molecule has 174 valence electrons. The van der Waals surface area contributed by atoms with Gasteiger partial charge in [-0.05, 0) is 37.8 Å². The molecule has 0 radical (unpaired) electrons. The number of hydrogen-bond donors (Lipinski definition) is 0. The molecular formula is C26H34O6. The fourth-order valence-electron chi connectivity index (χ4n) is 3.52. The van der Waals surface area contributed by atoms with E-state index >= 15 is 0 Å². The second kappa shape index (κ2) is 13.7. The van der Waals surface area contributed by atoms with E-state index in [2.05, 4.69) is 0 Å². The zero-order chi connectivity index (χ0) is 22.4. The van der Waals surface area contributed by atoms with E-state index in [1.165, 1.54) is 0 Å². The first-order valence-electron chi connectivity index (χ1n) is 11.2. The normalized spacial score (nSPS) is 17.6. The predicted molar refractivity (Wildman–Crippen MR) is 124 cm³/mol. The molecular weight excluding hydrogens is 408 g/mol. The van der Waals surface area contributed by atoms with Gasteiger partial charge in [-0.25, -0.2) is 0 Å². The summed E-state index contributed by atoms with van der Waals surface area (Å²) in [5, 5.41) is 0. The fourth-order valence-corrected chi connectivity index (χ4v) is 3.52. The van der Waals surface area contributed by atoms with E-state index < -0.39 is 0 Å². The van der Waals surface area contributed by atoms with Crippen LogP contribution in [0, 0.1) is 0 Å². The standard InChI is InChI=1S/C26H34O6/c1-27-23-13-9-11-21-19-29-15-7-8-16-30-20-22-12-10-14-24(28-2)26(22)32-18-6-4-3-5-17-31-25(21)23/h7-14H,3-6,15-20H2,1-2H3/b8-7-. The van der Waals surface area contributed by atoms with Gasteiger partial charge in [0.1, 0.15) is 0 Å². The minimum absolute atomic E-state index is 0.461. The third-order valence-corrected chi connectivity index (χ3v) is 5.20. The molecule has 0 bridgehead atoms. The number of fused-ring (bicyclic) bond motifs is 2. The Balaban J connectivity index is 1.64. The number of rotatable bonds is 2. The average Bonchev–Trinajstić information content (AvgIpc) is 2.82. The van der Waals surface area contributed by atoms with Crippen molar-refractivity contribution in [2.24, 2.45) is 0 Å². The third kappa shape index (κ3) is 7.18. The highest BCUT2D eigenvalue weighted by Crippen LogP contribution is 2.33. The van der Waals surface area contributed by atoms with Gasteiger partial charge in [0, 0.05) is 11.1 Å². The van der Waals surface area contributed by atoms with Gasteiger partial charge in [-0.2, -0.15) is 0 Å². The van der Waals surface area contributed by atoms with E-state index in [9.17, 15) is 0 Å². The number of para-hydroxylation sites is 2. The molecule has 6 heteroatoms. The Morgan fingerprint density at radius 3 is 1.53 bits per heavy atom. The highest BCUT2D eigenvalue weighted by Gasteiger charge is 2.12. The molecule has 0 N–H and O–H groups in total. The molecule has 0 aliphatic carbocycles. The number of hydrogen-bond acceptors (Lipinski definition) is 6. The van der Waals surface area contributed by atoms with Crippen molar-refractivity contribution in [3.63, 3.8) is 0 Å². The molecule has 0 fully saturated rings. The van der Waals surface area contributed by atoms with Crippen molar-refractivity contribution in [2.45, 2.75) is 38.9 Å². The number of methoxy groups -OCH3 is 2. The first-order valence-corrected chi connectivity index (χ1v) is 11.2. The van der Waals surface area contributed by atoms with Crippen LogP contribution in [0.1, 0.15) is 36.8 Å². The lowest BCUT2D eigenvalue weighted by Gasteiger charge is -2.16. The molecule has 0 unspecified atom stereocenters. The average molecular weight is 443 g/mol. The van der Waals surface area contributed by atoms with Crippen LogP contribution < -0.4 is 18.9 Å². The Kier molecular flexibility index (Phi) is 10.2. The summed E-state index contributed by atoms with van der Waals surface area (Å²) in [6.07, 6.45) is 7.99. The monoisotopic (exact) mass is 442 g/mol. The summed E-state index contributed by atoms with van der Waals surface area (Å²) in [7, 11) is 3.32. The van der Waals surface area contributed by atoms with Crippen molar-refractivity contribution < 1.29 is 28.4 Å². The van der Waals surface area contributed by atoms with Crippen molar-refractivity contribution in [3.05, 3.63) is 59.7 Å². The third-order valence-electron chi connectivity index (χ3n) is 5.20. The van der Waals surface area contributed by atoms with E-state index in [0.717, 1.165) is 59.8 Å². The first kappa shape index (κ1) is 24.0. The van der Waals surface area contributed by atoms with Crippen molar-refractivity contribution in [2.75, 3.05) is 40.6 Å². The first-order chi connectivity index (χ1) is 15.8. The molecule has 1 aliphatic rings. The Hall–Kier alpha value is -2.70. The van der Waals surface area contributed by atoms with Crippen LogP contribution in [-0.2, 0) is 22.7 Å². The lowest BCUT2D eigenvalue weighted by molar-refractivity contribution is 0.136. The molecule has 2 aromatic rings. The lowest BCUT2D eigenvalue weighted by Crippen LogP contribution is -2.06. The van der Waals surface area contributed by atoms with Gasteiger partial charge in [0.2, 0.25) is 0 Å². The van der Waals surface area contributed by atoms with Crippen LogP contribution in [0.4, 0.5) is 0 Å². The SMILES string of the molecule is COc1cccc2c1OCCCCCCOc1c(cccc1OC)COC/C=C\COC2. The molecule has 6 nitrogen and oxygen atoms in total. The van der Waals surface area contributed by atoms with Gasteiger partial charge in [0.05, 0.1) is 53.9 Å². The number of ether oxygens (including phenoxy) is 6. The van der Waals surface area contributed by atoms with Crippen molar-refractivity contribution in [1.29, 1.82) is 0 Å². The Morgan fingerprint density at radius 2 is 1.09 bits per heavy atom. The molecule has 0 aromatic heterocycles. The summed E-state index contributed by atoms with van der Waals surface area (Å²) >= 11 is 0. The van der Waals surface area contributed by atoms with Gasteiger partial charge in [-0.1, -0.05) is 36.4 Å². The molecule has 0 saturated heterocycles. The smallest absolute Gasteiger partial charge is 0.166 e. The van der Waals surface area contributed by atoms with E-state index in [1.54, 1.807) is 14.2 Å². The van der Waals surface area contributed by atoms with Gasteiger partial charge in [0.25, 0.3) is 0 Å². The molecule has 0 amide bonds. The summed E-state index contributed by atoms with van der Waals surface area (Å²) in [6, 6.07) is 11.8. The maximum Gasteiger partial charge on any atom is 0.166 e. The number of benzene rings is 2. The highest BCUT2D eigenvalue weighted by molar-refractivity contribution is 5.47. The fraction of sp³-hybridized carbons (Fsp3) is 0.462. The maximum absolute atomic E-state index is 6.08. The van der Waals surface area contributed by atoms with E-state index in [-0.39, 0.29) is 0 Å². The Labute approximate surface area is 191 Å². The molecule has 0 saturated carbocycles. The van der Waals surface area contributed by atoms with Gasteiger partial charge in [-0.3, -0.25) is 0 Å². The molecule has 32 heavy (non-hydrogen) atoms. The van der Waals surface area contributed by atoms with Crippen molar-refractivity contribution in [1.82, 2.24) is 0 Å². The van der Waals surface area contributed by atoms with Crippen LogP contribution in [0.3, 0.4) is 0 Å². The second-order valence-corrected chi connectivity index (χ2v) is 7.51. The topological polar surface area (TPSA) is 55.4 Å². The summed E-state index contributed by atoms with van der Waals surface area (Å²) in [4.78, 5) is 0. The minimum atomic E-state index is 0.461. The van der Waals surface area contributed by atoms with Gasteiger partial charge >= 0.3 is 0 Å². The van der Waals surface area contributed by atoms with Crippen molar-refractivity contribution >= 4 is 0 Å². The quantitative estimate of drug-likeness (QED) is 0.587. The summed E-state index contributed by atoms with van der Waals surface area (Å²) in [5.74, 6) is 3.00. The van der Waals surface area contributed by atoms with Crippen molar-refractivity contribution in [3.8, 4) is 23.0 Å². The van der Waals surface area contributed by atoms with Gasteiger partial charge < -0.3 is 28.4 Å². The molecule has 1 heterocycles. The molecule has 0 atom stereocenters. The molecule has 0 spiro atoms. The summed E-state index contributed by atoms with van der Waals surface area (Å²) in [6.45, 7) is 3.19.